The van der Waals surface area contributed by atoms with E-state index in [4.69, 9.17) is 4.42 Å². The second-order valence-electron chi connectivity index (χ2n) is 7.55. The first kappa shape index (κ1) is 17.3. The molecule has 1 aliphatic heterocycles. The maximum Gasteiger partial charge on any atom is 0.137 e. The Hall–Kier alpha value is -2.79. The van der Waals surface area contributed by atoms with Crippen LogP contribution < -0.4 is 4.90 Å². The van der Waals surface area contributed by atoms with Crippen molar-refractivity contribution in [3.05, 3.63) is 66.3 Å². The number of H-pyrrole nitrogens is 1. The minimum absolute atomic E-state index is 0.249. The Kier molecular flexibility index (Phi) is 4.53. The van der Waals surface area contributed by atoms with E-state index < -0.39 is 0 Å². The van der Waals surface area contributed by atoms with E-state index in [1.54, 1.807) is 6.26 Å². The quantitative estimate of drug-likeness (QED) is 0.542. The van der Waals surface area contributed by atoms with Crippen LogP contribution in [0.5, 0.6) is 0 Å². The molecule has 4 aromatic rings. The lowest BCUT2D eigenvalue weighted by Gasteiger charge is -2.36. The van der Waals surface area contributed by atoms with E-state index in [2.05, 4.69) is 39.0 Å². The zero-order valence-electron chi connectivity index (χ0n) is 15.8. The van der Waals surface area contributed by atoms with Crippen molar-refractivity contribution in [3.8, 4) is 0 Å². The topological polar surface area (TPSA) is 35.4 Å². The van der Waals surface area contributed by atoms with Crippen molar-refractivity contribution in [2.75, 3.05) is 37.6 Å². The number of nitrogens with zero attached hydrogens (tertiary/aromatic N) is 2. The zero-order chi connectivity index (χ0) is 18.9. The predicted octanol–water partition coefficient (Wildman–Crippen LogP) is 4.81. The van der Waals surface area contributed by atoms with E-state index in [0.29, 0.717) is 5.58 Å². The zero-order valence-corrected chi connectivity index (χ0v) is 15.8. The van der Waals surface area contributed by atoms with Crippen LogP contribution in [0.2, 0.25) is 0 Å². The highest BCUT2D eigenvalue weighted by molar-refractivity contribution is 5.92. The summed E-state index contributed by atoms with van der Waals surface area (Å²) in [5.74, 6) is -0.249. The molecule has 2 aromatic heterocycles. The van der Waals surface area contributed by atoms with Crippen LogP contribution in [0.15, 0.2) is 59.3 Å². The lowest BCUT2D eigenvalue weighted by atomic mass is 10.1. The average molecular weight is 377 g/mol. The molecule has 0 unspecified atom stereocenters. The molecule has 0 saturated carbocycles. The number of aromatic amines is 1. The minimum Gasteiger partial charge on any atom is -0.464 e. The molecule has 2 aromatic carbocycles. The number of nitrogens with one attached hydrogen (secondary N) is 1. The summed E-state index contributed by atoms with van der Waals surface area (Å²) in [6, 6.07) is 13.4. The Morgan fingerprint density at radius 1 is 1.00 bits per heavy atom. The predicted molar refractivity (Wildman–Crippen MR) is 111 cm³/mol. The van der Waals surface area contributed by atoms with Gasteiger partial charge in [-0.1, -0.05) is 6.07 Å². The minimum atomic E-state index is -0.249. The maximum absolute atomic E-state index is 13.3. The van der Waals surface area contributed by atoms with E-state index >= 15 is 0 Å². The lowest BCUT2D eigenvalue weighted by Crippen LogP contribution is -2.46. The van der Waals surface area contributed by atoms with Crippen LogP contribution in [0.25, 0.3) is 21.9 Å². The van der Waals surface area contributed by atoms with Gasteiger partial charge in [-0.25, -0.2) is 4.39 Å². The third-order valence-electron chi connectivity index (χ3n) is 5.82. The van der Waals surface area contributed by atoms with Crippen LogP contribution in [0, 0.1) is 5.82 Å². The highest BCUT2D eigenvalue weighted by atomic mass is 19.1. The lowest BCUT2D eigenvalue weighted by molar-refractivity contribution is 0.255. The van der Waals surface area contributed by atoms with Crippen LogP contribution in [0.4, 0.5) is 10.1 Å². The average Bonchev–Trinajstić information content (AvgIpc) is 3.35. The van der Waals surface area contributed by atoms with E-state index in [1.165, 1.54) is 34.3 Å². The third kappa shape index (κ3) is 3.27. The van der Waals surface area contributed by atoms with Crippen molar-refractivity contribution in [2.24, 2.45) is 0 Å². The molecule has 1 N–H and O–H groups in total. The van der Waals surface area contributed by atoms with Gasteiger partial charge in [0.1, 0.15) is 11.4 Å². The number of hydrogen-bond acceptors (Lipinski definition) is 3. The van der Waals surface area contributed by atoms with Crippen molar-refractivity contribution >= 4 is 27.6 Å². The van der Waals surface area contributed by atoms with E-state index in [-0.39, 0.29) is 5.82 Å². The Morgan fingerprint density at radius 2 is 1.89 bits per heavy atom. The number of piperazine rings is 1. The molecule has 144 valence electrons. The molecule has 0 radical (unpaired) electrons. The van der Waals surface area contributed by atoms with E-state index in [9.17, 15) is 4.39 Å². The first-order valence-corrected chi connectivity index (χ1v) is 9.97. The summed E-state index contributed by atoms with van der Waals surface area (Å²) in [6.45, 7) is 5.35. The van der Waals surface area contributed by atoms with Crippen LogP contribution in [-0.2, 0) is 6.42 Å². The molecule has 28 heavy (non-hydrogen) atoms. The van der Waals surface area contributed by atoms with Crippen molar-refractivity contribution in [3.63, 3.8) is 0 Å². The summed E-state index contributed by atoms with van der Waals surface area (Å²) >= 11 is 0. The van der Waals surface area contributed by atoms with Crippen molar-refractivity contribution in [2.45, 2.75) is 12.8 Å². The van der Waals surface area contributed by atoms with Crippen molar-refractivity contribution in [1.29, 1.82) is 0 Å². The molecule has 0 bridgehead atoms. The van der Waals surface area contributed by atoms with Crippen LogP contribution in [0.1, 0.15) is 12.0 Å². The molecule has 4 nitrogen and oxygen atoms in total. The largest absolute Gasteiger partial charge is 0.464 e. The SMILES string of the molecule is Fc1ccc2c(CCCN3CCN(c4cccc5[nH]ccc45)CC3)coc2c1. The van der Waals surface area contributed by atoms with Crippen LogP contribution >= 0.6 is 0 Å². The number of aromatic nitrogens is 1. The van der Waals surface area contributed by atoms with Gasteiger partial charge in [0.05, 0.1) is 6.26 Å². The molecule has 0 atom stereocenters. The number of halogens is 1. The molecule has 1 fully saturated rings. The summed E-state index contributed by atoms with van der Waals surface area (Å²) < 4.78 is 18.8. The summed E-state index contributed by atoms with van der Waals surface area (Å²) in [5.41, 5.74) is 4.35. The molecule has 1 saturated heterocycles. The summed E-state index contributed by atoms with van der Waals surface area (Å²) in [4.78, 5) is 8.33. The molecular weight excluding hydrogens is 353 g/mol. The van der Waals surface area contributed by atoms with Crippen LogP contribution in [0.3, 0.4) is 0 Å². The molecular formula is C23H24FN3O. The molecule has 0 amide bonds. The van der Waals surface area contributed by atoms with Crippen LogP contribution in [-0.4, -0.2) is 42.6 Å². The summed E-state index contributed by atoms with van der Waals surface area (Å²) in [7, 11) is 0. The fourth-order valence-corrected chi connectivity index (χ4v) is 4.30. The fourth-order valence-electron chi connectivity index (χ4n) is 4.30. The first-order valence-electron chi connectivity index (χ1n) is 9.97. The molecule has 0 spiro atoms. The molecule has 3 heterocycles. The highest BCUT2D eigenvalue weighted by Crippen LogP contribution is 2.27. The Balaban J connectivity index is 1.16. The summed E-state index contributed by atoms with van der Waals surface area (Å²) in [5, 5.41) is 2.34. The molecule has 5 heteroatoms. The van der Waals surface area contributed by atoms with E-state index in [0.717, 1.165) is 51.0 Å². The van der Waals surface area contributed by atoms with Gasteiger partial charge in [0.15, 0.2) is 0 Å². The fraction of sp³-hybridized carbons (Fsp3) is 0.304. The van der Waals surface area contributed by atoms with Gasteiger partial charge in [0.2, 0.25) is 0 Å². The number of rotatable bonds is 5. The van der Waals surface area contributed by atoms with Crippen molar-refractivity contribution in [1.82, 2.24) is 9.88 Å². The van der Waals surface area contributed by atoms with E-state index in [1.807, 2.05) is 12.3 Å². The Morgan fingerprint density at radius 3 is 2.79 bits per heavy atom. The van der Waals surface area contributed by atoms with Gasteiger partial charge in [-0.3, -0.25) is 4.90 Å². The summed E-state index contributed by atoms with van der Waals surface area (Å²) in [6.07, 6.45) is 5.83. The second kappa shape index (κ2) is 7.32. The first-order chi connectivity index (χ1) is 13.8. The van der Waals surface area contributed by atoms with Crippen molar-refractivity contribution < 1.29 is 8.81 Å². The van der Waals surface area contributed by atoms with Gasteiger partial charge in [0, 0.05) is 60.4 Å². The number of fused-ring (bicyclic) bond motifs is 2. The number of furan rings is 1. The van der Waals surface area contributed by atoms with Gasteiger partial charge in [-0.05, 0) is 55.3 Å². The smallest absolute Gasteiger partial charge is 0.137 e. The molecule has 0 aliphatic carbocycles. The van der Waals surface area contributed by atoms with Gasteiger partial charge in [-0.2, -0.15) is 0 Å². The monoisotopic (exact) mass is 377 g/mol. The van der Waals surface area contributed by atoms with Gasteiger partial charge in [-0.15, -0.1) is 0 Å². The third-order valence-corrected chi connectivity index (χ3v) is 5.82. The maximum atomic E-state index is 13.3. The number of anilines is 1. The van der Waals surface area contributed by atoms with Gasteiger partial charge < -0.3 is 14.3 Å². The number of benzene rings is 2. The Bertz CT molecular complexity index is 1090. The molecule has 5 rings (SSSR count). The Labute approximate surface area is 163 Å². The van der Waals surface area contributed by atoms with Gasteiger partial charge >= 0.3 is 0 Å². The second-order valence-corrected chi connectivity index (χ2v) is 7.55. The standard InChI is InChI=1S/C23H24FN3O/c24-18-6-7-19-17(16-28-23(19)15-18)3-2-10-26-11-13-27(14-12-26)22-5-1-4-21-20(22)8-9-25-21/h1,4-9,15-16,25H,2-3,10-14H2. The highest BCUT2D eigenvalue weighted by Gasteiger charge is 2.18. The molecule has 1 aliphatic rings. The van der Waals surface area contributed by atoms with Gasteiger partial charge in [0.25, 0.3) is 0 Å². The number of hydrogen-bond donors (Lipinski definition) is 1. The number of aryl methyl sites for hydroxylation is 1. The normalized spacial score (nSPS) is 15.7.